The van der Waals surface area contributed by atoms with Gasteiger partial charge in [-0.25, -0.2) is 4.79 Å². The molecule has 50 heavy (non-hydrogen) atoms. The number of carbonyl (C=O) groups is 6. The molecule has 15 nitrogen and oxygen atoms in total. The lowest BCUT2D eigenvalue weighted by Gasteiger charge is -2.36. The molecule has 0 aromatic carbocycles. The van der Waals surface area contributed by atoms with Gasteiger partial charge in [-0.1, -0.05) is 38.8 Å². The average Bonchev–Trinajstić information content (AvgIpc) is 3.47. The molecule has 3 aliphatic rings. The fourth-order valence-electron chi connectivity index (χ4n) is 7.30. The number of amides is 5. The van der Waals surface area contributed by atoms with Crippen LogP contribution in [-0.2, 0) is 28.8 Å². The van der Waals surface area contributed by atoms with Gasteiger partial charge in [-0.15, -0.1) is 0 Å². The van der Waals surface area contributed by atoms with Crippen molar-refractivity contribution in [1.82, 2.24) is 26.2 Å². The Morgan fingerprint density at radius 3 is 2.06 bits per heavy atom. The van der Waals surface area contributed by atoms with Crippen LogP contribution in [0.5, 0.6) is 0 Å². The molecule has 5 amide bonds. The first-order valence-corrected chi connectivity index (χ1v) is 18.4. The Balaban J connectivity index is 1.95. The quantitative estimate of drug-likeness (QED) is 0.0898. The number of likely N-dealkylation sites (tertiary alicyclic amines) is 1. The van der Waals surface area contributed by atoms with Crippen LogP contribution in [0.3, 0.4) is 0 Å². The van der Waals surface area contributed by atoms with Crippen LogP contribution in [-0.4, -0.2) is 101 Å². The molecule has 15 heteroatoms. The second-order valence-electron chi connectivity index (χ2n) is 14.4. The first-order chi connectivity index (χ1) is 23.9. The van der Waals surface area contributed by atoms with Crippen LogP contribution < -0.4 is 38.5 Å². The van der Waals surface area contributed by atoms with Crippen molar-refractivity contribution in [3.63, 3.8) is 0 Å². The molecule has 0 aromatic heterocycles. The van der Waals surface area contributed by atoms with E-state index in [1.807, 2.05) is 13.8 Å². The van der Waals surface area contributed by atoms with E-state index in [-0.39, 0.29) is 43.6 Å². The number of carboxylic acid groups (broad SMARTS) is 1. The molecule has 0 aromatic rings. The maximum absolute atomic E-state index is 14.6. The highest BCUT2D eigenvalue weighted by Gasteiger charge is 2.49. The largest absolute Gasteiger partial charge is 0.480 e. The molecule has 11 N–H and O–H groups in total. The van der Waals surface area contributed by atoms with Crippen molar-refractivity contribution < 1.29 is 33.9 Å². The van der Waals surface area contributed by atoms with E-state index in [9.17, 15) is 33.9 Å². The number of nitrogens with one attached hydrogen (secondary N) is 4. The zero-order valence-corrected chi connectivity index (χ0v) is 29.7. The minimum atomic E-state index is -1.14. The van der Waals surface area contributed by atoms with Gasteiger partial charge in [0, 0.05) is 6.04 Å². The highest BCUT2D eigenvalue weighted by Crippen LogP contribution is 2.40. The van der Waals surface area contributed by atoms with Gasteiger partial charge in [0.1, 0.15) is 30.2 Å². The predicted molar refractivity (Wildman–Crippen MR) is 188 cm³/mol. The molecule has 0 unspecified atom stereocenters. The van der Waals surface area contributed by atoms with E-state index in [4.69, 9.17) is 17.2 Å². The lowest BCUT2D eigenvalue weighted by molar-refractivity contribution is -0.146. The van der Waals surface area contributed by atoms with Gasteiger partial charge in [-0.3, -0.25) is 24.0 Å². The highest BCUT2D eigenvalue weighted by atomic mass is 16.4. The highest BCUT2D eigenvalue weighted by molar-refractivity contribution is 5.97. The van der Waals surface area contributed by atoms with E-state index >= 15 is 0 Å². The number of aliphatic carboxylic acids is 1. The van der Waals surface area contributed by atoms with Gasteiger partial charge in [0.15, 0.2) is 0 Å². The number of hydrogen-bond donors (Lipinski definition) is 8. The zero-order chi connectivity index (χ0) is 36.8. The van der Waals surface area contributed by atoms with Crippen molar-refractivity contribution in [2.45, 2.75) is 146 Å². The van der Waals surface area contributed by atoms with E-state index < -0.39 is 71.8 Å². The summed E-state index contributed by atoms with van der Waals surface area (Å²) in [7, 11) is 0. The minimum Gasteiger partial charge on any atom is -0.480 e. The van der Waals surface area contributed by atoms with E-state index in [1.54, 1.807) is 17.1 Å². The maximum Gasteiger partial charge on any atom is 0.326 e. The van der Waals surface area contributed by atoms with Crippen LogP contribution in [0, 0.1) is 11.8 Å². The number of fused-ring (bicyclic) bond motifs is 1. The molecule has 2 fully saturated rings. The first kappa shape index (κ1) is 40.9. The van der Waals surface area contributed by atoms with Crippen molar-refractivity contribution in [2.24, 2.45) is 29.0 Å². The molecule has 8 atom stereocenters. The Hall–Kier alpha value is -3.56. The van der Waals surface area contributed by atoms with Gasteiger partial charge >= 0.3 is 5.97 Å². The Morgan fingerprint density at radius 2 is 1.46 bits per heavy atom. The normalized spacial score (nSPS) is 28.6. The van der Waals surface area contributed by atoms with Gasteiger partial charge in [0.25, 0.3) is 0 Å². The summed E-state index contributed by atoms with van der Waals surface area (Å²) in [5.74, 6) is -3.64. The molecule has 1 saturated heterocycles. The molecular weight excluding hydrogens is 644 g/mol. The lowest BCUT2D eigenvalue weighted by atomic mass is 9.84. The van der Waals surface area contributed by atoms with E-state index in [0.29, 0.717) is 58.0 Å². The monoisotopic (exact) mass is 704 g/mol. The smallest absolute Gasteiger partial charge is 0.326 e. The Kier molecular flexibility index (Phi) is 16.6. The van der Waals surface area contributed by atoms with Crippen LogP contribution >= 0.6 is 0 Å². The zero-order valence-electron chi connectivity index (χ0n) is 29.7. The molecule has 0 bridgehead atoms. The molecule has 0 spiro atoms. The minimum absolute atomic E-state index is 0.0192. The second kappa shape index (κ2) is 20.3. The van der Waals surface area contributed by atoms with E-state index in [0.717, 1.165) is 19.3 Å². The Morgan fingerprint density at radius 1 is 0.880 bits per heavy atom. The molecule has 3 rings (SSSR count). The summed E-state index contributed by atoms with van der Waals surface area (Å²) in [6, 6.07) is -6.24. The van der Waals surface area contributed by atoms with E-state index in [2.05, 4.69) is 21.3 Å². The van der Waals surface area contributed by atoms with Crippen LogP contribution in [0.1, 0.15) is 104 Å². The van der Waals surface area contributed by atoms with E-state index in [1.165, 1.54) is 0 Å². The summed E-state index contributed by atoms with van der Waals surface area (Å²) in [6.07, 6.45) is 10.5. The number of nitrogens with two attached hydrogens (primary N) is 3. The molecule has 282 valence electrons. The van der Waals surface area contributed by atoms with Crippen molar-refractivity contribution in [3.05, 3.63) is 12.2 Å². The van der Waals surface area contributed by atoms with Crippen LogP contribution in [0.2, 0.25) is 0 Å². The topological polar surface area (TPSA) is 252 Å². The van der Waals surface area contributed by atoms with Crippen LogP contribution in [0.4, 0.5) is 0 Å². The number of unbranched alkanes of at least 4 members (excludes halogenated alkanes) is 2. The van der Waals surface area contributed by atoms with Gasteiger partial charge < -0.3 is 48.5 Å². The lowest BCUT2D eigenvalue weighted by Crippen LogP contribution is -2.60. The van der Waals surface area contributed by atoms with Gasteiger partial charge in [0.05, 0.1) is 6.04 Å². The first-order valence-electron chi connectivity index (χ1n) is 18.4. The van der Waals surface area contributed by atoms with Crippen LogP contribution in [0.25, 0.3) is 0 Å². The fraction of sp³-hybridized carbons (Fsp3) is 0.771. The number of rotatable bonds is 14. The second-order valence-corrected chi connectivity index (χ2v) is 14.4. The molecule has 1 saturated carbocycles. The molecule has 1 aliphatic carbocycles. The van der Waals surface area contributed by atoms with Crippen molar-refractivity contribution >= 4 is 35.5 Å². The summed E-state index contributed by atoms with van der Waals surface area (Å²) in [4.78, 5) is 82.4. The third kappa shape index (κ3) is 11.8. The molecule has 0 radical (unpaired) electrons. The predicted octanol–water partition coefficient (Wildman–Crippen LogP) is 0.151. The maximum atomic E-state index is 14.6. The number of carbonyl (C=O) groups excluding carboxylic acids is 5. The third-order valence-corrected chi connectivity index (χ3v) is 10.0. The molecule has 2 aliphatic heterocycles. The van der Waals surface area contributed by atoms with Gasteiger partial charge in [-0.05, 0) is 102 Å². The van der Waals surface area contributed by atoms with Gasteiger partial charge in [0.2, 0.25) is 29.5 Å². The summed E-state index contributed by atoms with van der Waals surface area (Å²) in [5, 5.41) is 20.9. The molecular formula is C35H60N8O7. The summed E-state index contributed by atoms with van der Waals surface area (Å²) in [6.45, 7) is 4.56. The standard InChI is InChI=1S/C35H60N8O7/c1-21(2)19-27(35(49)50)42-33(47)29-20-22-11-3-6-16-28(22)43(29)34(48)26-15-5-4-12-23(38)30(44)39-24(13-7-9-17-36)31(45)40-25(32(46)41-26)14-8-10-18-37/h4-5,21-29H,3,6-20,36-38H2,1-2H3,(H,39,44)(H,40,45)(H,41,46)(H,42,47)(H,49,50)/t22-,23-,24-,25-,26-,27-,28-,29-/m0/s1. The fourth-order valence-corrected chi connectivity index (χ4v) is 7.30. The third-order valence-electron chi connectivity index (χ3n) is 10.0. The van der Waals surface area contributed by atoms with Gasteiger partial charge in [-0.2, -0.15) is 0 Å². The number of hydrogen-bond acceptors (Lipinski definition) is 9. The SMILES string of the molecule is CC(C)C[C@H](NC(=O)[C@@H]1C[C@@H]2CCCC[C@@H]2N1C(=O)[C@@H]1CC=CC[C@H](N)C(=O)N[C@@H](CCCCN)C(=O)N[C@@H](CCCCN)C(=O)N1)C(=O)O. The summed E-state index contributed by atoms with van der Waals surface area (Å²) in [5.41, 5.74) is 17.5. The van der Waals surface area contributed by atoms with Crippen molar-refractivity contribution in [1.29, 1.82) is 0 Å². The Labute approximate surface area is 295 Å². The number of nitrogens with zero attached hydrogens (tertiary/aromatic N) is 1. The summed E-state index contributed by atoms with van der Waals surface area (Å²) < 4.78 is 0. The number of carboxylic acids is 1. The summed E-state index contributed by atoms with van der Waals surface area (Å²) >= 11 is 0. The Bertz CT molecular complexity index is 1210. The van der Waals surface area contributed by atoms with Crippen molar-refractivity contribution in [3.8, 4) is 0 Å². The molecule has 2 heterocycles. The average molecular weight is 705 g/mol. The van der Waals surface area contributed by atoms with Crippen molar-refractivity contribution in [2.75, 3.05) is 13.1 Å². The van der Waals surface area contributed by atoms with Crippen LogP contribution in [0.15, 0.2) is 12.2 Å².